The van der Waals surface area contributed by atoms with Gasteiger partial charge in [0.05, 0.1) is 5.56 Å². The van der Waals surface area contributed by atoms with Gasteiger partial charge in [-0.1, -0.05) is 22.9 Å². The third kappa shape index (κ3) is 4.22. The van der Waals surface area contributed by atoms with Crippen LogP contribution in [0.2, 0.25) is 0 Å². The van der Waals surface area contributed by atoms with E-state index < -0.39 is 11.8 Å². The molecule has 0 aliphatic carbocycles. The third-order valence-corrected chi connectivity index (χ3v) is 4.23. The van der Waals surface area contributed by atoms with Crippen LogP contribution in [0.15, 0.2) is 40.9 Å². The number of rotatable bonds is 5. The summed E-state index contributed by atoms with van der Waals surface area (Å²) in [6.45, 7) is 7.22. The highest BCUT2D eigenvalue weighted by Crippen LogP contribution is 2.20. The molecule has 0 atom stereocenters. The Hall–Kier alpha value is -3.55. The predicted octanol–water partition coefficient (Wildman–Crippen LogP) is 2.54. The molecule has 1 aromatic carbocycles. The average Bonchev–Trinajstić information content (AvgIpc) is 3.21. The standard InChI is InChI=1S/C20H22N4O4/c1-12-5-7-16(8-6-12)27-11-19(25)21-22-20(26)17-9-13(2)24(15(17)4)18-10-14(3)28-23-18/h5-10H,11H2,1-4H3,(H,21,25)(H,22,26). The molecule has 3 rings (SSSR count). The lowest BCUT2D eigenvalue weighted by molar-refractivity contribution is -0.123. The maximum Gasteiger partial charge on any atom is 0.276 e. The Bertz CT molecular complexity index is 1000. The zero-order valence-electron chi connectivity index (χ0n) is 16.2. The van der Waals surface area contributed by atoms with Gasteiger partial charge in [-0.25, -0.2) is 0 Å². The van der Waals surface area contributed by atoms with E-state index in [9.17, 15) is 9.59 Å². The molecule has 0 spiro atoms. The van der Waals surface area contributed by atoms with Crippen molar-refractivity contribution >= 4 is 11.8 Å². The molecule has 0 radical (unpaired) electrons. The van der Waals surface area contributed by atoms with Crippen LogP contribution in [0.5, 0.6) is 5.75 Å². The number of hydrogen-bond acceptors (Lipinski definition) is 5. The van der Waals surface area contributed by atoms with Crippen molar-refractivity contribution in [3.05, 3.63) is 64.7 Å². The van der Waals surface area contributed by atoms with Crippen molar-refractivity contribution in [3.8, 4) is 11.6 Å². The summed E-state index contributed by atoms with van der Waals surface area (Å²) in [4.78, 5) is 24.4. The van der Waals surface area contributed by atoms with Gasteiger partial charge in [0.25, 0.3) is 11.8 Å². The molecule has 8 nitrogen and oxygen atoms in total. The first-order chi connectivity index (χ1) is 13.3. The van der Waals surface area contributed by atoms with Crippen molar-refractivity contribution in [2.24, 2.45) is 0 Å². The third-order valence-electron chi connectivity index (χ3n) is 4.23. The molecule has 3 aromatic rings. The van der Waals surface area contributed by atoms with Crippen LogP contribution in [0.3, 0.4) is 0 Å². The number of benzene rings is 1. The van der Waals surface area contributed by atoms with Gasteiger partial charge in [0.15, 0.2) is 12.4 Å². The molecule has 0 saturated heterocycles. The van der Waals surface area contributed by atoms with Gasteiger partial charge in [0.2, 0.25) is 0 Å². The number of ether oxygens (including phenoxy) is 1. The summed E-state index contributed by atoms with van der Waals surface area (Å²) >= 11 is 0. The van der Waals surface area contributed by atoms with Crippen molar-refractivity contribution in [1.29, 1.82) is 0 Å². The number of aryl methyl sites for hydroxylation is 3. The van der Waals surface area contributed by atoms with Crippen molar-refractivity contribution < 1.29 is 18.8 Å². The summed E-state index contributed by atoms with van der Waals surface area (Å²) < 4.78 is 12.3. The van der Waals surface area contributed by atoms with Crippen LogP contribution in [-0.4, -0.2) is 28.1 Å². The summed E-state index contributed by atoms with van der Waals surface area (Å²) in [7, 11) is 0. The first-order valence-corrected chi connectivity index (χ1v) is 8.76. The first-order valence-electron chi connectivity index (χ1n) is 8.76. The van der Waals surface area contributed by atoms with E-state index in [2.05, 4.69) is 16.0 Å². The number of amides is 2. The van der Waals surface area contributed by atoms with Crippen LogP contribution >= 0.6 is 0 Å². The largest absolute Gasteiger partial charge is 0.484 e. The quantitative estimate of drug-likeness (QED) is 0.661. The lowest BCUT2D eigenvalue weighted by Gasteiger charge is -2.09. The Morgan fingerprint density at radius 2 is 1.79 bits per heavy atom. The molecule has 2 heterocycles. The number of nitrogens with zero attached hydrogens (tertiary/aromatic N) is 2. The highest BCUT2D eigenvalue weighted by atomic mass is 16.5. The molecule has 8 heteroatoms. The van der Waals surface area contributed by atoms with E-state index in [0.29, 0.717) is 28.6 Å². The van der Waals surface area contributed by atoms with Gasteiger partial charge in [-0.2, -0.15) is 0 Å². The van der Waals surface area contributed by atoms with E-state index in [1.165, 1.54) is 0 Å². The van der Waals surface area contributed by atoms with Gasteiger partial charge in [-0.05, 0) is 45.9 Å². The normalized spacial score (nSPS) is 10.6. The number of hydrogen-bond donors (Lipinski definition) is 2. The fraction of sp³-hybridized carbons (Fsp3) is 0.250. The van der Waals surface area contributed by atoms with E-state index in [0.717, 1.165) is 11.3 Å². The molecule has 0 fully saturated rings. The van der Waals surface area contributed by atoms with Gasteiger partial charge >= 0.3 is 0 Å². The highest BCUT2D eigenvalue weighted by molar-refractivity contribution is 5.97. The number of nitrogens with one attached hydrogen (secondary N) is 2. The van der Waals surface area contributed by atoms with Crippen LogP contribution in [0.4, 0.5) is 0 Å². The minimum Gasteiger partial charge on any atom is -0.484 e. The molecule has 2 aromatic heterocycles. The van der Waals surface area contributed by atoms with Gasteiger partial charge in [0, 0.05) is 17.5 Å². The van der Waals surface area contributed by atoms with E-state index >= 15 is 0 Å². The van der Waals surface area contributed by atoms with Gasteiger partial charge in [0.1, 0.15) is 11.5 Å². The SMILES string of the molecule is Cc1ccc(OCC(=O)NNC(=O)c2cc(C)n(-c3cc(C)on3)c2C)cc1. The zero-order chi connectivity index (χ0) is 20.3. The number of carbonyl (C=O) groups excluding carboxylic acids is 2. The summed E-state index contributed by atoms with van der Waals surface area (Å²) in [5.41, 5.74) is 7.80. The monoisotopic (exact) mass is 382 g/mol. The van der Waals surface area contributed by atoms with Crippen LogP contribution in [0.25, 0.3) is 5.82 Å². The Labute approximate surface area is 162 Å². The molecule has 146 valence electrons. The van der Waals surface area contributed by atoms with Gasteiger partial charge < -0.3 is 9.26 Å². The fourth-order valence-electron chi connectivity index (χ4n) is 2.82. The lowest BCUT2D eigenvalue weighted by Crippen LogP contribution is -2.44. The molecule has 0 bridgehead atoms. The number of hydrazine groups is 1. The van der Waals surface area contributed by atoms with Crippen molar-refractivity contribution in [2.45, 2.75) is 27.7 Å². The molecule has 0 unspecified atom stereocenters. The molecule has 0 aliphatic rings. The molecule has 0 aliphatic heterocycles. The van der Waals surface area contributed by atoms with E-state index in [1.807, 2.05) is 30.5 Å². The second-order valence-electron chi connectivity index (χ2n) is 6.52. The Kier molecular flexibility index (Phi) is 5.49. The van der Waals surface area contributed by atoms with Crippen molar-refractivity contribution in [3.63, 3.8) is 0 Å². The second kappa shape index (κ2) is 7.99. The number of aromatic nitrogens is 2. The molecule has 2 N–H and O–H groups in total. The lowest BCUT2D eigenvalue weighted by atomic mass is 10.2. The van der Waals surface area contributed by atoms with Crippen molar-refractivity contribution in [1.82, 2.24) is 20.6 Å². The smallest absolute Gasteiger partial charge is 0.276 e. The summed E-state index contributed by atoms with van der Waals surface area (Å²) in [6.07, 6.45) is 0. The second-order valence-corrected chi connectivity index (χ2v) is 6.52. The molecule has 28 heavy (non-hydrogen) atoms. The minimum atomic E-state index is -0.463. The van der Waals surface area contributed by atoms with E-state index in [1.54, 1.807) is 38.1 Å². The first kappa shape index (κ1) is 19.2. The van der Waals surface area contributed by atoms with Crippen LogP contribution < -0.4 is 15.6 Å². The van der Waals surface area contributed by atoms with Crippen molar-refractivity contribution in [2.75, 3.05) is 6.61 Å². The summed E-state index contributed by atoms with van der Waals surface area (Å²) in [5.74, 6) is 0.966. The van der Waals surface area contributed by atoms with Crippen LogP contribution in [0.1, 0.15) is 33.1 Å². The Morgan fingerprint density at radius 3 is 2.43 bits per heavy atom. The summed E-state index contributed by atoms with van der Waals surface area (Å²) in [5, 5.41) is 3.98. The predicted molar refractivity (Wildman–Crippen MR) is 102 cm³/mol. The fourth-order valence-corrected chi connectivity index (χ4v) is 2.82. The topological polar surface area (TPSA) is 98.4 Å². The molecule has 2 amide bonds. The Balaban J connectivity index is 1.59. The van der Waals surface area contributed by atoms with Crippen LogP contribution in [0, 0.1) is 27.7 Å². The van der Waals surface area contributed by atoms with Gasteiger partial charge in [-0.3, -0.25) is 25.0 Å². The molecule has 0 saturated carbocycles. The molecular formula is C20H22N4O4. The summed E-state index contributed by atoms with van der Waals surface area (Å²) in [6, 6.07) is 10.8. The average molecular weight is 382 g/mol. The zero-order valence-corrected chi connectivity index (χ0v) is 16.2. The van der Waals surface area contributed by atoms with Crippen LogP contribution in [-0.2, 0) is 4.79 Å². The minimum absolute atomic E-state index is 0.208. The maximum atomic E-state index is 12.5. The molecular weight excluding hydrogens is 360 g/mol. The maximum absolute atomic E-state index is 12.5. The van der Waals surface area contributed by atoms with E-state index in [4.69, 9.17) is 9.26 Å². The van der Waals surface area contributed by atoms with Gasteiger partial charge in [-0.15, -0.1) is 0 Å². The van der Waals surface area contributed by atoms with E-state index in [-0.39, 0.29) is 6.61 Å². The highest BCUT2D eigenvalue weighted by Gasteiger charge is 2.18. The Morgan fingerprint density at radius 1 is 1.07 bits per heavy atom. The number of carbonyl (C=O) groups is 2.